The smallest absolute Gasteiger partial charge is 0.276 e. The molecule has 0 aliphatic carbocycles. The van der Waals surface area contributed by atoms with Crippen molar-refractivity contribution in [1.82, 2.24) is 15.1 Å². The van der Waals surface area contributed by atoms with Crippen molar-refractivity contribution in [3.05, 3.63) is 58.0 Å². The van der Waals surface area contributed by atoms with Gasteiger partial charge in [-0.25, -0.2) is 4.68 Å². The van der Waals surface area contributed by atoms with Gasteiger partial charge in [0.05, 0.1) is 5.69 Å². The van der Waals surface area contributed by atoms with Crippen LogP contribution in [0.5, 0.6) is 0 Å². The second kappa shape index (κ2) is 7.72. The van der Waals surface area contributed by atoms with Crippen molar-refractivity contribution in [2.75, 3.05) is 6.54 Å². The summed E-state index contributed by atoms with van der Waals surface area (Å²) in [5.41, 5.74) is 6.38. The van der Waals surface area contributed by atoms with Gasteiger partial charge in [-0.3, -0.25) is 9.59 Å². The molecule has 0 bridgehead atoms. The number of carbonyl (C=O) groups is 1. The number of nitrogens with zero attached hydrogens (tertiary/aromatic N) is 2. The van der Waals surface area contributed by atoms with E-state index in [-0.39, 0.29) is 24.1 Å². The number of hydrogen-bond donors (Lipinski definition) is 2. The molecule has 6 nitrogen and oxygen atoms in total. The average Bonchev–Trinajstić information content (AvgIpc) is 2.47. The Morgan fingerprint density at radius 1 is 1.36 bits per heavy atom. The maximum atomic E-state index is 12.1. The standard InChI is InChI=1S/C15H18N4O2.ClH/c1-10(9-16)17-15(21)14-13(20)8-11(2)19(18-14)12-6-4-3-5-7-12;/h3-8,10H,9,16H2,1-2H3,(H,17,21);1H/t10-;/m0./s1. The maximum Gasteiger partial charge on any atom is 0.276 e. The molecular weight excluding hydrogens is 304 g/mol. The molecule has 0 spiro atoms. The minimum Gasteiger partial charge on any atom is -0.347 e. The first-order chi connectivity index (χ1) is 10.0. The van der Waals surface area contributed by atoms with Crippen LogP contribution in [0.1, 0.15) is 23.1 Å². The zero-order chi connectivity index (χ0) is 15.4. The number of nitrogens with two attached hydrogens (primary N) is 1. The molecule has 0 saturated carbocycles. The van der Waals surface area contributed by atoms with E-state index in [2.05, 4.69) is 10.4 Å². The van der Waals surface area contributed by atoms with Crippen LogP contribution in [-0.2, 0) is 0 Å². The fraction of sp³-hybridized carbons (Fsp3) is 0.267. The van der Waals surface area contributed by atoms with Crippen LogP contribution in [0, 0.1) is 6.92 Å². The van der Waals surface area contributed by atoms with E-state index in [0.717, 1.165) is 5.69 Å². The molecule has 1 atom stereocenters. The van der Waals surface area contributed by atoms with E-state index in [0.29, 0.717) is 12.2 Å². The van der Waals surface area contributed by atoms with E-state index in [1.807, 2.05) is 30.3 Å². The van der Waals surface area contributed by atoms with Gasteiger partial charge in [-0.15, -0.1) is 12.4 Å². The van der Waals surface area contributed by atoms with Gasteiger partial charge >= 0.3 is 0 Å². The van der Waals surface area contributed by atoms with Gasteiger partial charge < -0.3 is 11.1 Å². The van der Waals surface area contributed by atoms with Crippen molar-refractivity contribution in [2.24, 2.45) is 5.73 Å². The molecule has 1 amide bonds. The minimum atomic E-state index is -0.511. The fourth-order valence-corrected chi connectivity index (χ4v) is 1.89. The van der Waals surface area contributed by atoms with Gasteiger partial charge in [-0.1, -0.05) is 18.2 Å². The second-order valence-electron chi connectivity index (χ2n) is 4.86. The lowest BCUT2D eigenvalue weighted by Gasteiger charge is -2.13. The lowest BCUT2D eigenvalue weighted by molar-refractivity contribution is 0.0933. The van der Waals surface area contributed by atoms with Gasteiger partial charge in [0.2, 0.25) is 5.43 Å². The molecule has 2 aromatic rings. The Kier molecular flexibility index (Phi) is 6.27. The summed E-state index contributed by atoms with van der Waals surface area (Å²) in [4.78, 5) is 24.1. The largest absolute Gasteiger partial charge is 0.347 e. The summed E-state index contributed by atoms with van der Waals surface area (Å²) in [5.74, 6) is -0.511. The average molecular weight is 323 g/mol. The van der Waals surface area contributed by atoms with Crippen molar-refractivity contribution in [3.8, 4) is 5.69 Å². The van der Waals surface area contributed by atoms with E-state index in [9.17, 15) is 9.59 Å². The van der Waals surface area contributed by atoms with Gasteiger partial charge in [-0.2, -0.15) is 5.10 Å². The van der Waals surface area contributed by atoms with Crippen LogP contribution in [-0.4, -0.2) is 28.3 Å². The van der Waals surface area contributed by atoms with Crippen LogP contribution in [0.15, 0.2) is 41.2 Å². The van der Waals surface area contributed by atoms with Gasteiger partial charge in [0, 0.05) is 24.3 Å². The van der Waals surface area contributed by atoms with Crippen LogP contribution in [0.3, 0.4) is 0 Å². The van der Waals surface area contributed by atoms with Crippen molar-refractivity contribution in [3.63, 3.8) is 0 Å². The number of benzene rings is 1. The third-order valence-electron chi connectivity index (χ3n) is 3.05. The number of para-hydroxylation sites is 1. The first kappa shape index (κ1) is 17.9. The number of halogens is 1. The van der Waals surface area contributed by atoms with Crippen molar-refractivity contribution in [1.29, 1.82) is 0 Å². The Balaban J connectivity index is 0.00000242. The Bertz CT molecular complexity index is 700. The van der Waals surface area contributed by atoms with E-state index in [1.165, 1.54) is 6.07 Å². The fourth-order valence-electron chi connectivity index (χ4n) is 1.89. The van der Waals surface area contributed by atoms with Gasteiger partial charge in [-0.05, 0) is 26.0 Å². The monoisotopic (exact) mass is 322 g/mol. The van der Waals surface area contributed by atoms with Crippen molar-refractivity contribution < 1.29 is 4.79 Å². The van der Waals surface area contributed by atoms with Gasteiger partial charge in [0.15, 0.2) is 5.69 Å². The molecule has 7 heteroatoms. The topological polar surface area (TPSA) is 90.0 Å². The molecule has 118 valence electrons. The van der Waals surface area contributed by atoms with E-state index in [1.54, 1.807) is 18.5 Å². The third kappa shape index (κ3) is 3.93. The predicted octanol–water partition coefficient (Wildman–Crippen LogP) is 1.04. The van der Waals surface area contributed by atoms with Crippen LogP contribution in [0.25, 0.3) is 5.69 Å². The van der Waals surface area contributed by atoms with Crippen LogP contribution >= 0.6 is 12.4 Å². The summed E-state index contributed by atoms with van der Waals surface area (Å²) < 4.78 is 1.57. The zero-order valence-electron chi connectivity index (χ0n) is 12.4. The summed E-state index contributed by atoms with van der Waals surface area (Å²) in [6.07, 6.45) is 0. The molecular formula is C15H19ClN4O2. The molecule has 0 aliphatic rings. The van der Waals surface area contributed by atoms with Crippen LogP contribution in [0.4, 0.5) is 0 Å². The lowest BCUT2D eigenvalue weighted by atomic mass is 10.2. The van der Waals surface area contributed by atoms with Crippen molar-refractivity contribution >= 4 is 18.3 Å². The molecule has 0 unspecified atom stereocenters. The highest BCUT2D eigenvalue weighted by molar-refractivity contribution is 5.92. The summed E-state index contributed by atoms with van der Waals surface area (Å²) in [6.45, 7) is 3.83. The molecule has 0 aliphatic heterocycles. The van der Waals surface area contributed by atoms with E-state index in [4.69, 9.17) is 5.73 Å². The number of amides is 1. The second-order valence-corrected chi connectivity index (χ2v) is 4.86. The maximum absolute atomic E-state index is 12.1. The molecule has 22 heavy (non-hydrogen) atoms. The van der Waals surface area contributed by atoms with Crippen molar-refractivity contribution in [2.45, 2.75) is 19.9 Å². The van der Waals surface area contributed by atoms with Crippen LogP contribution < -0.4 is 16.5 Å². The molecule has 1 heterocycles. The quantitative estimate of drug-likeness (QED) is 0.880. The highest BCUT2D eigenvalue weighted by Gasteiger charge is 2.16. The Morgan fingerprint density at radius 2 is 2.00 bits per heavy atom. The normalized spacial score (nSPS) is 11.4. The number of rotatable bonds is 4. The molecule has 1 aromatic carbocycles. The number of hydrogen-bond acceptors (Lipinski definition) is 4. The molecule has 3 N–H and O–H groups in total. The van der Waals surface area contributed by atoms with E-state index < -0.39 is 11.3 Å². The summed E-state index contributed by atoms with van der Waals surface area (Å²) >= 11 is 0. The summed E-state index contributed by atoms with van der Waals surface area (Å²) in [7, 11) is 0. The number of aryl methyl sites for hydroxylation is 1. The Labute approximate surface area is 134 Å². The number of carbonyl (C=O) groups excluding carboxylic acids is 1. The predicted molar refractivity (Wildman–Crippen MR) is 87.8 cm³/mol. The summed E-state index contributed by atoms with van der Waals surface area (Å²) in [5, 5.41) is 6.83. The highest BCUT2D eigenvalue weighted by Crippen LogP contribution is 2.07. The minimum absolute atomic E-state index is 0. The van der Waals surface area contributed by atoms with Crippen LogP contribution in [0.2, 0.25) is 0 Å². The molecule has 0 fully saturated rings. The number of nitrogens with one attached hydrogen (secondary N) is 1. The molecule has 0 saturated heterocycles. The Hall–Kier alpha value is -2.18. The third-order valence-corrected chi connectivity index (χ3v) is 3.05. The summed E-state index contributed by atoms with van der Waals surface area (Å²) in [6, 6.07) is 10.5. The number of aromatic nitrogens is 2. The van der Waals surface area contributed by atoms with Gasteiger partial charge in [0.1, 0.15) is 0 Å². The molecule has 1 aromatic heterocycles. The first-order valence-electron chi connectivity index (χ1n) is 6.70. The first-order valence-corrected chi connectivity index (χ1v) is 6.70. The van der Waals surface area contributed by atoms with E-state index >= 15 is 0 Å². The molecule has 0 radical (unpaired) electrons. The molecule has 2 rings (SSSR count). The SMILES string of the molecule is Cc1cc(=O)c(C(=O)N[C@@H](C)CN)nn1-c1ccccc1.Cl. The highest BCUT2D eigenvalue weighted by atomic mass is 35.5. The van der Waals surface area contributed by atoms with Gasteiger partial charge in [0.25, 0.3) is 5.91 Å². The Morgan fingerprint density at radius 3 is 2.59 bits per heavy atom. The zero-order valence-corrected chi connectivity index (χ0v) is 13.3. The lowest BCUT2D eigenvalue weighted by Crippen LogP contribution is -2.40.